The molecule has 1 aromatic carbocycles. The molecule has 0 aromatic heterocycles. The number of hydrogen-bond acceptors (Lipinski definition) is 0. The Bertz CT molecular complexity index is 283. The monoisotopic (exact) mass is 244 g/mol. The van der Waals surface area contributed by atoms with Crippen LogP contribution in [0.25, 0.3) is 0 Å². The first-order valence-electron chi connectivity index (χ1n) is 4.55. The largest absolute Gasteiger partial charge is 0.207 e. The molecular formula is C11H14BrF. The summed E-state index contributed by atoms with van der Waals surface area (Å²) in [7, 11) is 0. The van der Waals surface area contributed by atoms with Crippen molar-refractivity contribution in [2.45, 2.75) is 31.5 Å². The van der Waals surface area contributed by atoms with Gasteiger partial charge < -0.3 is 0 Å². The van der Waals surface area contributed by atoms with E-state index in [2.05, 4.69) is 22.9 Å². The Morgan fingerprint density at radius 2 is 2.15 bits per heavy atom. The summed E-state index contributed by atoms with van der Waals surface area (Å²) >= 11 is 3.58. The van der Waals surface area contributed by atoms with Crippen LogP contribution in [0.5, 0.6) is 0 Å². The van der Waals surface area contributed by atoms with Crippen molar-refractivity contribution in [2.24, 2.45) is 0 Å². The highest BCUT2D eigenvalue weighted by atomic mass is 79.9. The van der Waals surface area contributed by atoms with Crippen LogP contribution in [0.1, 0.15) is 35.7 Å². The van der Waals surface area contributed by atoms with E-state index >= 15 is 0 Å². The maximum absolute atomic E-state index is 12.9. The molecule has 0 fully saturated rings. The summed E-state index contributed by atoms with van der Waals surface area (Å²) in [5, 5.41) is 0. The van der Waals surface area contributed by atoms with Gasteiger partial charge in [0.25, 0.3) is 0 Å². The maximum atomic E-state index is 12.9. The van der Waals surface area contributed by atoms with Gasteiger partial charge in [0.05, 0.1) is 0 Å². The molecule has 2 heteroatoms. The van der Waals surface area contributed by atoms with Crippen LogP contribution < -0.4 is 0 Å². The molecular weight excluding hydrogens is 231 g/mol. The van der Waals surface area contributed by atoms with Gasteiger partial charge in [0, 0.05) is 4.83 Å². The molecule has 0 spiro atoms. The van der Waals surface area contributed by atoms with Gasteiger partial charge in [0.15, 0.2) is 0 Å². The van der Waals surface area contributed by atoms with Crippen LogP contribution in [0.3, 0.4) is 0 Å². The van der Waals surface area contributed by atoms with Crippen molar-refractivity contribution in [3.05, 3.63) is 35.1 Å². The molecule has 0 bridgehead atoms. The van der Waals surface area contributed by atoms with Crippen LogP contribution in [0.15, 0.2) is 18.2 Å². The van der Waals surface area contributed by atoms with Crippen molar-refractivity contribution >= 4 is 15.9 Å². The standard InChI is InChI=1S/C11H14BrF/c1-3-4-10(12)9-5-6-11(13)8(2)7-9/h5-7,10H,3-4H2,1-2H3. The average molecular weight is 245 g/mol. The molecule has 0 saturated heterocycles. The Labute approximate surface area is 87.3 Å². The lowest BCUT2D eigenvalue weighted by Crippen LogP contribution is -1.91. The number of benzene rings is 1. The zero-order chi connectivity index (χ0) is 9.84. The number of alkyl halides is 1. The molecule has 0 aliphatic rings. The van der Waals surface area contributed by atoms with E-state index in [1.165, 1.54) is 11.6 Å². The number of halogens is 2. The molecule has 0 radical (unpaired) electrons. The van der Waals surface area contributed by atoms with E-state index < -0.39 is 0 Å². The maximum Gasteiger partial charge on any atom is 0.126 e. The van der Waals surface area contributed by atoms with Gasteiger partial charge in [-0.2, -0.15) is 0 Å². The summed E-state index contributed by atoms with van der Waals surface area (Å²) in [4.78, 5) is 0.358. The van der Waals surface area contributed by atoms with Gasteiger partial charge >= 0.3 is 0 Å². The number of hydrogen-bond donors (Lipinski definition) is 0. The number of rotatable bonds is 3. The lowest BCUT2D eigenvalue weighted by Gasteiger charge is -2.09. The smallest absolute Gasteiger partial charge is 0.126 e. The third-order valence-corrected chi connectivity index (χ3v) is 3.07. The first kappa shape index (κ1) is 10.7. The van der Waals surface area contributed by atoms with E-state index in [-0.39, 0.29) is 5.82 Å². The Hall–Kier alpha value is -0.370. The highest BCUT2D eigenvalue weighted by Crippen LogP contribution is 2.28. The fraction of sp³-hybridized carbons (Fsp3) is 0.455. The first-order chi connectivity index (χ1) is 6.15. The van der Waals surface area contributed by atoms with Crippen molar-refractivity contribution in [2.75, 3.05) is 0 Å². The summed E-state index contributed by atoms with van der Waals surface area (Å²) in [6.07, 6.45) is 2.22. The Balaban J connectivity index is 2.84. The molecule has 0 aliphatic heterocycles. The zero-order valence-corrected chi connectivity index (χ0v) is 9.57. The number of aryl methyl sites for hydroxylation is 1. The third kappa shape index (κ3) is 2.80. The highest BCUT2D eigenvalue weighted by Gasteiger charge is 2.07. The van der Waals surface area contributed by atoms with Crippen LogP contribution in [0.2, 0.25) is 0 Å². The van der Waals surface area contributed by atoms with Gasteiger partial charge in [-0.05, 0) is 30.5 Å². The Morgan fingerprint density at radius 1 is 1.46 bits per heavy atom. The van der Waals surface area contributed by atoms with E-state index in [0.29, 0.717) is 4.83 Å². The van der Waals surface area contributed by atoms with Crippen LogP contribution in [-0.2, 0) is 0 Å². The van der Waals surface area contributed by atoms with Crippen LogP contribution in [-0.4, -0.2) is 0 Å². The Morgan fingerprint density at radius 3 is 2.69 bits per heavy atom. The molecule has 0 saturated carbocycles. The first-order valence-corrected chi connectivity index (χ1v) is 5.46. The molecule has 1 atom stereocenters. The molecule has 1 aromatic rings. The summed E-state index contributed by atoms with van der Waals surface area (Å²) in [5.74, 6) is -0.125. The van der Waals surface area contributed by atoms with Gasteiger partial charge in [0.1, 0.15) is 5.82 Å². The van der Waals surface area contributed by atoms with Gasteiger partial charge in [-0.15, -0.1) is 0 Å². The Kier molecular flexibility index (Phi) is 3.91. The van der Waals surface area contributed by atoms with Crippen molar-refractivity contribution in [3.63, 3.8) is 0 Å². The van der Waals surface area contributed by atoms with Crippen LogP contribution >= 0.6 is 15.9 Å². The molecule has 72 valence electrons. The topological polar surface area (TPSA) is 0 Å². The third-order valence-electron chi connectivity index (χ3n) is 2.09. The minimum Gasteiger partial charge on any atom is -0.207 e. The molecule has 13 heavy (non-hydrogen) atoms. The molecule has 0 aliphatic carbocycles. The summed E-state index contributed by atoms with van der Waals surface area (Å²) in [5.41, 5.74) is 1.89. The average Bonchev–Trinajstić information content (AvgIpc) is 2.10. The van der Waals surface area contributed by atoms with Gasteiger partial charge in [-0.3, -0.25) is 0 Å². The van der Waals surface area contributed by atoms with Crippen molar-refractivity contribution in [1.29, 1.82) is 0 Å². The summed E-state index contributed by atoms with van der Waals surface area (Å²) in [6.45, 7) is 3.94. The lowest BCUT2D eigenvalue weighted by molar-refractivity contribution is 0.617. The van der Waals surface area contributed by atoms with Gasteiger partial charge in [0.2, 0.25) is 0 Å². The predicted molar refractivity (Wildman–Crippen MR) is 57.7 cm³/mol. The second kappa shape index (κ2) is 4.75. The normalized spacial score (nSPS) is 12.9. The van der Waals surface area contributed by atoms with Crippen LogP contribution in [0, 0.1) is 12.7 Å². The molecule has 1 unspecified atom stereocenters. The minimum atomic E-state index is -0.125. The van der Waals surface area contributed by atoms with E-state index in [9.17, 15) is 4.39 Å². The quantitative estimate of drug-likeness (QED) is 0.693. The fourth-order valence-electron chi connectivity index (χ4n) is 1.28. The highest BCUT2D eigenvalue weighted by molar-refractivity contribution is 9.09. The second-order valence-electron chi connectivity index (χ2n) is 3.26. The minimum absolute atomic E-state index is 0.125. The molecule has 0 N–H and O–H groups in total. The lowest BCUT2D eigenvalue weighted by atomic mass is 10.1. The van der Waals surface area contributed by atoms with Crippen molar-refractivity contribution in [1.82, 2.24) is 0 Å². The molecule has 0 nitrogen and oxygen atoms in total. The molecule has 0 amide bonds. The van der Waals surface area contributed by atoms with Crippen molar-refractivity contribution in [3.8, 4) is 0 Å². The van der Waals surface area contributed by atoms with Gasteiger partial charge in [-0.25, -0.2) is 4.39 Å². The second-order valence-corrected chi connectivity index (χ2v) is 4.37. The van der Waals surface area contributed by atoms with E-state index in [0.717, 1.165) is 18.4 Å². The van der Waals surface area contributed by atoms with E-state index in [1.807, 2.05) is 12.1 Å². The van der Waals surface area contributed by atoms with E-state index in [4.69, 9.17) is 0 Å². The van der Waals surface area contributed by atoms with E-state index in [1.54, 1.807) is 6.92 Å². The van der Waals surface area contributed by atoms with Crippen LogP contribution in [0.4, 0.5) is 4.39 Å². The predicted octanol–water partition coefficient (Wildman–Crippen LogP) is 4.37. The SMILES string of the molecule is CCCC(Br)c1ccc(F)c(C)c1. The molecule has 0 heterocycles. The summed E-state index contributed by atoms with van der Waals surface area (Å²) in [6, 6.07) is 5.29. The zero-order valence-electron chi connectivity index (χ0n) is 7.98. The van der Waals surface area contributed by atoms with Gasteiger partial charge in [-0.1, -0.05) is 41.4 Å². The summed E-state index contributed by atoms with van der Waals surface area (Å²) < 4.78 is 12.9. The molecule has 1 rings (SSSR count). The fourth-order valence-corrected chi connectivity index (χ4v) is 2.03. The van der Waals surface area contributed by atoms with Crippen molar-refractivity contribution < 1.29 is 4.39 Å².